The Morgan fingerprint density at radius 2 is 2.21 bits per heavy atom. The van der Waals surface area contributed by atoms with Crippen molar-refractivity contribution in [1.82, 2.24) is 10.2 Å². The average Bonchev–Trinajstić information content (AvgIpc) is 2.78. The normalized spacial score (nSPS) is 21.8. The van der Waals surface area contributed by atoms with Crippen LogP contribution in [-0.4, -0.2) is 31.6 Å². The van der Waals surface area contributed by atoms with E-state index < -0.39 is 0 Å². The van der Waals surface area contributed by atoms with E-state index >= 15 is 0 Å². The first-order valence-electron chi connectivity index (χ1n) is 6.97. The minimum atomic E-state index is 0.315. The third-order valence-electron chi connectivity index (χ3n) is 3.89. The molecule has 19 heavy (non-hydrogen) atoms. The molecule has 1 heterocycles. The summed E-state index contributed by atoms with van der Waals surface area (Å²) in [6.45, 7) is 5.65. The quantitative estimate of drug-likeness (QED) is 0.885. The molecule has 1 aromatic rings. The van der Waals surface area contributed by atoms with Crippen LogP contribution in [0.5, 0.6) is 0 Å². The molecule has 1 aliphatic rings. The molecule has 0 spiro atoms. The van der Waals surface area contributed by atoms with Gasteiger partial charge in [0.1, 0.15) is 0 Å². The van der Waals surface area contributed by atoms with Crippen molar-refractivity contribution in [2.45, 2.75) is 25.8 Å². The van der Waals surface area contributed by atoms with Crippen LogP contribution in [0.25, 0.3) is 0 Å². The Labute approximate surface area is 126 Å². The summed E-state index contributed by atoms with van der Waals surface area (Å²) in [6.07, 6.45) is 2.32. The van der Waals surface area contributed by atoms with Crippen LogP contribution < -0.4 is 5.32 Å². The zero-order valence-electron chi connectivity index (χ0n) is 11.6. The monoisotopic (exact) mass is 300 g/mol. The van der Waals surface area contributed by atoms with Crippen LogP contribution in [0.2, 0.25) is 10.0 Å². The highest BCUT2D eigenvalue weighted by molar-refractivity contribution is 6.35. The van der Waals surface area contributed by atoms with Crippen molar-refractivity contribution in [2.24, 2.45) is 5.92 Å². The van der Waals surface area contributed by atoms with Crippen molar-refractivity contribution in [3.05, 3.63) is 33.8 Å². The predicted octanol–water partition coefficient (Wildman–Crippen LogP) is 3.99. The van der Waals surface area contributed by atoms with E-state index in [0.29, 0.717) is 11.1 Å². The maximum atomic E-state index is 6.29. The fourth-order valence-electron chi connectivity index (χ4n) is 2.76. The van der Waals surface area contributed by atoms with E-state index in [1.807, 2.05) is 18.2 Å². The smallest absolute Gasteiger partial charge is 0.0468 e. The van der Waals surface area contributed by atoms with Crippen molar-refractivity contribution < 1.29 is 0 Å². The molecule has 106 valence electrons. The summed E-state index contributed by atoms with van der Waals surface area (Å²) in [5.41, 5.74) is 1.15. The molecule has 1 aromatic carbocycles. The molecule has 0 amide bonds. The van der Waals surface area contributed by atoms with Gasteiger partial charge in [-0.15, -0.1) is 0 Å². The lowest BCUT2D eigenvalue weighted by Crippen LogP contribution is -2.28. The Morgan fingerprint density at radius 3 is 2.79 bits per heavy atom. The van der Waals surface area contributed by atoms with Crippen molar-refractivity contribution in [3.63, 3.8) is 0 Å². The molecular formula is C15H22Cl2N2. The first-order valence-corrected chi connectivity index (χ1v) is 7.72. The van der Waals surface area contributed by atoms with Gasteiger partial charge in [-0.05, 0) is 56.6 Å². The fraction of sp³-hybridized carbons (Fsp3) is 0.600. The van der Waals surface area contributed by atoms with Crippen molar-refractivity contribution >= 4 is 23.2 Å². The highest BCUT2D eigenvalue weighted by atomic mass is 35.5. The third-order valence-corrected chi connectivity index (χ3v) is 4.45. The second-order valence-corrected chi connectivity index (χ2v) is 6.30. The Hall–Kier alpha value is -0.280. The minimum absolute atomic E-state index is 0.315. The van der Waals surface area contributed by atoms with Crippen molar-refractivity contribution in [2.75, 3.05) is 26.7 Å². The highest BCUT2D eigenvalue weighted by Gasteiger charge is 2.21. The molecule has 1 fully saturated rings. The van der Waals surface area contributed by atoms with Gasteiger partial charge in [0.05, 0.1) is 0 Å². The van der Waals surface area contributed by atoms with Gasteiger partial charge in [0.2, 0.25) is 0 Å². The molecule has 0 aromatic heterocycles. The van der Waals surface area contributed by atoms with E-state index in [2.05, 4.69) is 24.2 Å². The van der Waals surface area contributed by atoms with Crippen LogP contribution in [0.4, 0.5) is 0 Å². The third kappa shape index (κ3) is 4.09. The van der Waals surface area contributed by atoms with Gasteiger partial charge in [-0.3, -0.25) is 0 Å². The molecule has 0 radical (unpaired) electrons. The molecule has 0 bridgehead atoms. The van der Waals surface area contributed by atoms with Gasteiger partial charge >= 0.3 is 0 Å². The Balaban J connectivity index is 1.96. The summed E-state index contributed by atoms with van der Waals surface area (Å²) in [5.74, 6) is 0.755. The summed E-state index contributed by atoms with van der Waals surface area (Å²) in [7, 11) is 2.19. The van der Waals surface area contributed by atoms with Gasteiger partial charge < -0.3 is 10.2 Å². The molecule has 4 heteroatoms. The molecule has 2 rings (SSSR count). The molecule has 2 nitrogen and oxygen atoms in total. The lowest BCUT2D eigenvalue weighted by atomic mass is 10.0. The largest absolute Gasteiger partial charge is 0.310 e. The summed E-state index contributed by atoms with van der Waals surface area (Å²) >= 11 is 12.2. The standard InChI is InChI=1S/C15H22Cl2N2/c1-3-15(13-5-4-12(16)8-14(13)17)18-9-11-6-7-19(2)10-11/h4-5,8,11,15,18H,3,6-7,9-10H2,1-2H3. The van der Waals surface area contributed by atoms with Gasteiger partial charge in [0, 0.05) is 22.6 Å². The van der Waals surface area contributed by atoms with Gasteiger partial charge in [-0.2, -0.15) is 0 Å². The number of hydrogen-bond donors (Lipinski definition) is 1. The minimum Gasteiger partial charge on any atom is -0.310 e. The van der Waals surface area contributed by atoms with E-state index in [9.17, 15) is 0 Å². The zero-order valence-corrected chi connectivity index (χ0v) is 13.1. The molecule has 1 N–H and O–H groups in total. The van der Waals surface area contributed by atoms with Gasteiger partial charge in [0.15, 0.2) is 0 Å². The maximum Gasteiger partial charge on any atom is 0.0468 e. The number of likely N-dealkylation sites (tertiary alicyclic amines) is 1. The lowest BCUT2D eigenvalue weighted by Gasteiger charge is -2.21. The first-order chi connectivity index (χ1) is 9.10. The number of rotatable bonds is 5. The van der Waals surface area contributed by atoms with Gasteiger partial charge in [0.25, 0.3) is 0 Å². The van der Waals surface area contributed by atoms with Crippen molar-refractivity contribution in [1.29, 1.82) is 0 Å². The van der Waals surface area contributed by atoms with Gasteiger partial charge in [-0.25, -0.2) is 0 Å². The van der Waals surface area contributed by atoms with E-state index in [-0.39, 0.29) is 0 Å². The Kier molecular flexibility index (Phi) is 5.52. The van der Waals surface area contributed by atoms with Crippen molar-refractivity contribution in [3.8, 4) is 0 Å². The molecule has 1 saturated heterocycles. The number of nitrogens with zero attached hydrogens (tertiary/aromatic N) is 1. The lowest BCUT2D eigenvalue weighted by molar-refractivity contribution is 0.377. The van der Waals surface area contributed by atoms with Crippen LogP contribution in [0.3, 0.4) is 0 Å². The molecular weight excluding hydrogens is 279 g/mol. The van der Waals surface area contributed by atoms with Crippen LogP contribution in [0, 0.1) is 5.92 Å². The fourth-order valence-corrected chi connectivity index (χ4v) is 3.30. The van der Waals surface area contributed by atoms with E-state index in [4.69, 9.17) is 23.2 Å². The van der Waals surface area contributed by atoms with E-state index in [1.54, 1.807) is 0 Å². The second kappa shape index (κ2) is 6.94. The molecule has 0 aliphatic carbocycles. The zero-order chi connectivity index (χ0) is 13.8. The predicted molar refractivity (Wildman–Crippen MR) is 83.1 cm³/mol. The summed E-state index contributed by atoms with van der Waals surface area (Å²) < 4.78 is 0. The van der Waals surface area contributed by atoms with E-state index in [0.717, 1.165) is 29.5 Å². The van der Waals surface area contributed by atoms with Crippen LogP contribution in [0.15, 0.2) is 18.2 Å². The molecule has 0 saturated carbocycles. The van der Waals surface area contributed by atoms with Crippen LogP contribution >= 0.6 is 23.2 Å². The second-order valence-electron chi connectivity index (χ2n) is 5.45. The number of benzene rings is 1. The molecule has 1 aliphatic heterocycles. The van der Waals surface area contributed by atoms with Crippen LogP contribution in [-0.2, 0) is 0 Å². The molecule has 2 atom stereocenters. The summed E-state index contributed by atoms with van der Waals surface area (Å²) in [5, 5.41) is 5.11. The van der Waals surface area contributed by atoms with Gasteiger partial charge in [-0.1, -0.05) is 36.2 Å². The number of halogens is 2. The average molecular weight is 301 g/mol. The Bertz CT molecular complexity index is 423. The maximum absolute atomic E-state index is 6.29. The Morgan fingerprint density at radius 1 is 1.42 bits per heavy atom. The summed E-state index contributed by atoms with van der Waals surface area (Å²) in [6, 6.07) is 6.09. The number of nitrogens with one attached hydrogen (secondary N) is 1. The van der Waals surface area contributed by atoms with Crippen LogP contribution in [0.1, 0.15) is 31.4 Å². The SMILES string of the molecule is CCC(NCC1CCN(C)C1)c1ccc(Cl)cc1Cl. The number of hydrogen-bond acceptors (Lipinski definition) is 2. The molecule has 2 unspecified atom stereocenters. The first kappa shape index (κ1) is 15.1. The summed E-state index contributed by atoms with van der Waals surface area (Å²) in [4.78, 5) is 2.39. The van der Waals surface area contributed by atoms with E-state index in [1.165, 1.54) is 19.5 Å². The highest BCUT2D eigenvalue weighted by Crippen LogP contribution is 2.28. The topological polar surface area (TPSA) is 15.3 Å².